The second-order valence-electron chi connectivity index (χ2n) is 1.97. The SMILES string of the molecule is C=COC(=O)On1c(O)ccc1O. The molecule has 1 aromatic heterocycles. The monoisotopic (exact) mass is 185 g/mol. The molecular formula is C7H7NO5. The van der Waals surface area contributed by atoms with E-state index in [2.05, 4.69) is 16.2 Å². The third-order valence-electron chi connectivity index (χ3n) is 1.14. The molecule has 0 saturated carbocycles. The van der Waals surface area contributed by atoms with Gasteiger partial charge in [0.1, 0.15) is 0 Å². The maximum atomic E-state index is 10.7. The Hall–Kier alpha value is -2.11. The lowest BCUT2D eigenvalue weighted by atomic mass is 10.6. The summed E-state index contributed by atoms with van der Waals surface area (Å²) in [5.41, 5.74) is 0. The van der Waals surface area contributed by atoms with Crippen molar-refractivity contribution < 1.29 is 24.6 Å². The zero-order valence-electron chi connectivity index (χ0n) is 6.51. The molecule has 70 valence electrons. The van der Waals surface area contributed by atoms with Crippen LogP contribution in [-0.4, -0.2) is 21.1 Å². The first-order valence-corrected chi connectivity index (χ1v) is 3.24. The Morgan fingerprint density at radius 1 is 1.46 bits per heavy atom. The third-order valence-corrected chi connectivity index (χ3v) is 1.14. The molecular weight excluding hydrogens is 178 g/mol. The van der Waals surface area contributed by atoms with Crippen LogP contribution in [0.25, 0.3) is 0 Å². The van der Waals surface area contributed by atoms with Gasteiger partial charge in [0.15, 0.2) is 0 Å². The van der Waals surface area contributed by atoms with E-state index in [1.165, 1.54) is 0 Å². The lowest BCUT2D eigenvalue weighted by molar-refractivity contribution is 0.0594. The van der Waals surface area contributed by atoms with Crippen LogP contribution in [0.5, 0.6) is 11.8 Å². The van der Waals surface area contributed by atoms with Gasteiger partial charge in [0.2, 0.25) is 11.8 Å². The number of carbonyl (C=O) groups is 1. The Bertz CT molecular complexity index is 310. The van der Waals surface area contributed by atoms with Crippen LogP contribution in [0.3, 0.4) is 0 Å². The van der Waals surface area contributed by atoms with Crippen LogP contribution < -0.4 is 4.84 Å². The van der Waals surface area contributed by atoms with Crippen molar-refractivity contribution in [3.05, 3.63) is 25.0 Å². The second-order valence-corrected chi connectivity index (χ2v) is 1.97. The molecule has 13 heavy (non-hydrogen) atoms. The number of nitrogens with zero attached hydrogens (tertiary/aromatic N) is 1. The van der Waals surface area contributed by atoms with E-state index in [1.807, 2.05) is 0 Å². The smallest absolute Gasteiger partial charge is 0.492 e. The number of hydrogen-bond donors (Lipinski definition) is 2. The summed E-state index contributed by atoms with van der Waals surface area (Å²) < 4.78 is 4.69. The van der Waals surface area contributed by atoms with Crippen molar-refractivity contribution in [2.75, 3.05) is 0 Å². The Morgan fingerprint density at radius 3 is 2.46 bits per heavy atom. The average molecular weight is 185 g/mol. The highest BCUT2D eigenvalue weighted by molar-refractivity contribution is 5.61. The molecule has 0 aromatic carbocycles. The first kappa shape index (κ1) is 8.98. The summed E-state index contributed by atoms with van der Waals surface area (Å²) in [5, 5.41) is 18.0. The highest BCUT2D eigenvalue weighted by Gasteiger charge is 2.11. The van der Waals surface area contributed by atoms with Crippen LogP contribution in [0.15, 0.2) is 25.0 Å². The quantitative estimate of drug-likeness (QED) is 0.521. The minimum absolute atomic E-state index is 0.418. The maximum absolute atomic E-state index is 10.7. The molecule has 0 spiro atoms. The van der Waals surface area contributed by atoms with Crippen LogP contribution in [0, 0.1) is 0 Å². The maximum Gasteiger partial charge on any atom is 0.538 e. The predicted octanol–water partition coefficient (Wildman–Crippen LogP) is 0.608. The average Bonchev–Trinajstić information content (AvgIpc) is 2.36. The van der Waals surface area contributed by atoms with E-state index in [0.29, 0.717) is 4.73 Å². The molecule has 6 heteroatoms. The van der Waals surface area contributed by atoms with Gasteiger partial charge in [-0.05, 0) is 0 Å². The molecule has 1 aromatic rings. The lowest BCUT2D eigenvalue weighted by Crippen LogP contribution is -2.18. The zero-order valence-corrected chi connectivity index (χ0v) is 6.51. The van der Waals surface area contributed by atoms with Crippen molar-refractivity contribution in [3.63, 3.8) is 0 Å². The fourth-order valence-corrected chi connectivity index (χ4v) is 0.659. The van der Waals surface area contributed by atoms with Gasteiger partial charge in [-0.15, -0.1) is 4.73 Å². The first-order valence-electron chi connectivity index (χ1n) is 3.24. The second kappa shape index (κ2) is 3.53. The van der Waals surface area contributed by atoms with Crippen LogP contribution in [0.4, 0.5) is 4.79 Å². The van der Waals surface area contributed by atoms with E-state index in [4.69, 9.17) is 10.2 Å². The van der Waals surface area contributed by atoms with Crippen molar-refractivity contribution in [1.82, 2.24) is 4.73 Å². The largest absolute Gasteiger partial charge is 0.538 e. The highest BCUT2D eigenvalue weighted by atomic mass is 16.8. The minimum atomic E-state index is -1.11. The molecule has 0 aliphatic rings. The van der Waals surface area contributed by atoms with Crippen molar-refractivity contribution in [2.45, 2.75) is 0 Å². The predicted molar refractivity (Wildman–Crippen MR) is 41.0 cm³/mol. The number of hydrogen-bond acceptors (Lipinski definition) is 5. The summed E-state index contributed by atoms with van der Waals surface area (Å²) in [4.78, 5) is 15.0. The standard InChI is InChI=1S/C7H7NO5/c1-2-12-7(11)13-8-5(9)3-4-6(8)10/h2-4,9-10H,1H2. The van der Waals surface area contributed by atoms with Gasteiger partial charge in [0.05, 0.1) is 6.26 Å². The van der Waals surface area contributed by atoms with E-state index in [0.717, 1.165) is 18.4 Å². The van der Waals surface area contributed by atoms with Gasteiger partial charge in [-0.25, -0.2) is 4.79 Å². The topological polar surface area (TPSA) is 80.9 Å². The van der Waals surface area contributed by atoms with Crippen molar-refractivity contribution in [3.8, 4) is 11.8 Å². The van der Waals surface area contributed by atoms with Crippen LogP contribution >= 0.6 is 0 Å². The summed E-state index contributed by atoms with van der Waals surface area (Å²) in [6.07, 6.45) is -0.253. The normalized spacial score (nSPS) is 9.23. The summed E-state index contributed by atoms with van der Waals surface area (Å²) in [6.45, 7) is 3.12. The molecule has 6 nitrogen and oxygen atoms in total. The van der Waals surface area contributed by atoms with E-state index in [9.17, 15) is 4.79 Å². The molecule has 0 fully saturated rings. The molecule has 0 aliphatic carbocycles. The van der Waals surface area contributed by atoms with E-state index >= 15 is 0 Å². The van der Waals surface area contributed by atoms with Gasteiger partial charge in [-0.2, -0.15) is 0 Å². The molecule has 0 bridgehead atoms. The van der Waals surface area contributed by atoms with Gasteiger partial charge in [0.25, 0.3) is 0 Å². The zero-order chi connectivity index (χ0) is 9.84. The van der Waals surface area contributed by atoms with E-state index in [-0.39, 0.29) is 0 Å². The summed E-state index contributed by atoms with van der Waals surface area (Å²) >= 11 is 0. The van der Waals surface area contributed by atoms with Crippen LogP contribution in [0.2, 0.25) is 0 Å². The van der Waals surface area contributed by atoms with E-state index in [1.54, 1.807) is 0 Å². The van der Waals surface area contributed by atoms with Gasteiger partial charge in [0, 0.05) is 12.1 Å². The lowest BCUT2D eigenvalue weighted by Gasteiger charge is -2.04. The van der Waals surface area contributed by atoms with E-state index < -0.39 is 17.9 Å². The van der Waals surface area contributed by atoms with Gasteiger partial charge in [-0.1, -0.05) is 6.58 Å². The minimum Gasteiger partial charge on any atom is -0.492 e. The van der Waals surface area contributed by atoms with Crippen molar-refractivity contribution >= 4 is 6.16 Å². The van der Waals surface area contributed by atoms with Crippen LogP contribution in [-0.2, 0) is 4.74 Å². The fraction of sp³-hybridized carbons (Fsp3) is 0. The van der Waals surface area contributed by atoms with Gasteiger partial charge in [-0.3, -0.25) is 4.84 Å². The van der Waals surface area contributed by atoms with Gasteiger partial charge < -0.3 is 14.9 Å². The van der Waals surface area contributed by atoms with Crippen molar-refractivity contribution in [1.29, 1.82) is 0 Å². The highest BCUT2D eigenvalue weighted by Crippen LogP contribution is 2.18. The summed E-state index contributed by atoms with van der Waals surface area (Å²) in [7, 11) is 0. The molecule has 0 aliphatic heterocycles. The molecule has 0 amide bonds. The van der Waals surface area contributed by atoms with Crippen LogP contribution in [0.1, 0.15) is 0 Å². The summed E-state index contributed by atoms with van der Waals surface area (Å²) in [5.74, 6) is -0.836. The Kier molecular flexibility index (Phi) is 2.44. The molecule has 2 N–H and O–H groups in total. The molecule has 0 radical (unpaired) electrons. The molecule has 1 rings (SSSR count). The Balaban J connectivity index is 2.73. The Labute approximate surface area is 73.2 Å². The number of rotatable bonds is 2. The number of carbonyl (C=O) groups excluding carboxylic acids is 1. The number of ether oxygens (including phenoxy) is 1. The molecule has 0 saturated heterocycles. The molecule has 0 atom stereocenters. The number of aromatic nitrogens is 1. The number of aromatic hydroxyl groups is 2. The summed E-state index contributed by atoms with van der Waals surface area (Å²) in [6, 6.07) is 2.30. The molecule has 0 unspecified atom stereocenters. The Morgan fingerprint density at radius 2 is 2.00 bits per heavy atom. The third kappa shape index (κ3) is 1.92. The van der Waals surface area contributed by atoms with Gasteiger partial charge >= 0.3 is 6.16 Å². The van der Waals surface area contributed by atoms with Crippen molar-refractivity contribution in [2.24, 2.45) is 0 Å². The fourth-order valence-electron chi connectivity index (χ4n) is 0.659. The molecule has 1 heterocycles. The first-order chi connectivity index (χ1) is 6.15.